The number of sulfonamides is 1. The molecule has 5 nitrogen and oxygen atoms in total. The molecule has 0 amide bonds. The Bertz CT molecular complexity index is 684. The molecule has 0 saturated heterocycles. The van der Waals surface area contributed by atoms with E-state index in [1.807, 2.05) is 11.4 Å². The molecule has 0 spiro atoms. The molecule has 0 aliphatic heterocycles. The van der Waals surface area contributed by atoms with Crippen LogP contribution in [0.25, 0.3) is 0 Å². The average Bonchev–Trinajstić information content (AvgIpc) is 2.89. The minimum atomic E-state index is -3.53. The maximum absolute atomic E-state index is 12.2. The van der Waals surface area contributed by atoms with Crippen LogP contribution in [0, 0.1) is 0 Å². The highest BCUT2D eigenvalue weighted by Gasteiger charge is 2.14. The Kier molecular flexibility index (Phi) is 5.77. The van der Waals surface area contributed by atoms with Gasteiger partial charge in [0.2, 0.25) is 10.0 Å². The number of halogens is 1. The van der Waals surface area contributed by atoms with Gasteiger partial charge in [-0.05, 0) is 51.6 Å². The van der Waals surface area contributed by atoms with E-state index in [-0.39, 0.29) is 11.4 Å². The summed E-state index contributed by atoms with van der Waals surface area (Å²) in [4.78, 5) is 1.14. The third-order valence-corrected chi connectivity index (χ3v) is 5.98. The second-order valence-electron chi connectivity index (χ2n) is 4.12. The van der Waals surface area contributed by atoms with Crippen molar-refractivity contribution in [3.05, 3.63) is 45.1 Å². The van der Waals surface area contributed by atoms with Crippen molar-refractivity contribution in [1.29, 1.82) is 0 Å². The molecule has 8 heteroatoms. The zero-order chi connectivity index (χ0) is 15.3. The van der Waals surface area contributed by atoms with E-state index in [1.165, 1.54) is 23.5 Å². The smallest absolute Gasteiger partial charge is 0.240 e. The van der Waals surface area contributed by atoms with Crippen LogP contribution in [0.15, 0.2) is 45.1 Å². The summed E-state index contributed by atoms with van der Waals surface area (Å²) in [5.41, 5.74) is 5.34. The molecule has 0 radical (unpaired) electrons. The molecule has 1 heterocycles. The second kappa shape index (κ2) is 7.37. The Balaban J connectivity index is 2.03. The van der Waals surface area contributed by atoms with E-state index in [9.17, 15) is 8.42 Å². The minimum Gasteiger partial charge on any atom is -0.492 e. The van der Waals surface area contributed by atoms with E-state index in [1.54, 1.807) is 12.1 Å². The molecule has 3 N–H and O–H groups in total. The van der Waals surface area contributed by atoms with Gasteiger partial charge in [0, 0.05) is 22.4 Å². The van der Waals surface area contributed by atoms with Gasteiger partial charge in [-0.2, -0.15) is 0 Å². The number of hydrogen-bond acceptors (Lipinski definition) is 5. The standard InChI is InChI=1S/C13H15BrN2O3S2/c14-12-5-8-20-13(12)9-16-21(17,18)11-3-1-10(2-4-11)19-7-6-15/h1-5,8,16H,6-7,9,15H2. The van der Waals surface area contributed by atoms with E-state index in [0.29, 0.717) is 18.9 Å². The summed E-state index contributed by atoms with van der Waals surface area (Å²) in [7, 11) is -3.53. The minimum absolute atomic E-state index is 0.204. The van der Waals surface area contributed by atoms with Crippen molar-refractivity contribution in [2.75, 3.05) is 13.2 Å². The molecule has 0 atom stereocenters. The van der Waals surface area contributed by atoms with E-state index >= 15 is 0 Å². The summed E-state index contributed by atoms with van der Waals surface area (Å²) >= 11 is 4.86. The Morgan fingerprint density at radius 1 is 1.24 bits per heavy atom. The van der Waals surface area contributed by atoms with Crippen molar-refractivity contribution in [1.82, 2.24) is 4.72 Å². The van der Waals surface area contributed by atoms with Gasteiger partial charge in [0.1, 0.15) is 12.4 Å². The lowest BCUT2D eigenvalue weighted by Crippen LogP contribution is -2.22. The SMILES string of the molecule is NCCOc1ccc(S(=O)(=O)NCc2sccc2Br)cc1. The quantitative estimate of drug-likeness (QED) is 0.759. The van der Waals surface area contributed by atoms with Gasteiger partial charge in [0.25, 0.3) is 0 Å². The zero-order valence-corrected chi connectivity index (χ0v) is 14.3. The number of hydrogen-bond donors (Lipinski definition) is 2. The van der Waals surface area contributed by atoms with Crippen LogP contribution in [0.3, 0.4) is 0 Å². The van der Waals surface area contributed by atoms with Crippen LogP contribution < -0.4 is 15.2 Å². The topological polar surface area (TPSA) is 81.4 Å². The van der Waals surface area contributed by atoms with Gasteiger partial charge in [0.05, 0.1) is 4.90 Å². The number of rotatable bonds is 7. The molecule has 21 heavy (non-hydrogen) atoms. The highest BCUT2D eigenvalue weighted by Crippen LogP contribution is 2.23. The Morgan fingerprint density at radius 2 is 1.95 bits per heavy atom. The number of benzene rings is 1. The van der Waals surface area contributed by atoms with Gasteiger partial charge in [-0.15, -0.1) is 11.3 Å². The number of nitrogens with one attached hydrogen (secondary N) is 1. The van der Waals surface area contributed by atoms with E-state index < -0.39 is 10.0 Å². The number of thiophene rings is 1. The molecule has 1 aromatic carbocycles. The van der Waals surface area contributed by atoms with Gasteiger partial charge in [-0.25, -0.2) is 13.1 Å². The van der Waals surface area contributed by atoms with Crippen molar-refractivity contribution >= 4 is 37.3 Å². The Labute approximate surface area is 136 Å². The van der Waals surface area contributed by atoms with Crippen molar-refractivity contribution in [2.24, 2.45) is 5.73 Å². The summed E-state index contributed by atoms with van der Waals surface area (Å²) in [6, 6.07) is 8.14. The number of nitrogens with two attached hydrogens (primary N) is 1. The van der Waals surface area contributed by atoms with Gasteiger partial charge in [-0.1, -0.05) is 0 Å². The molecule has 0 aliphatic rings. The van der Waals surface area contributed by atoms with Gasteiger partial charge >= 0.3 is 0 Å². The summed E-state index contributed by atoms with van der Waals surface area (Å²) in [5.74, 6) is 0.598. The van der Waals surface area contributed by atoms with E-state index in [2.05, 4.69) is 20.7 Å². The molecule has 2 aromatic rings. The second-order valence-corrected chi connectivity index (χ2v) is 7.75. The first-order valence-corrected chi connectivity index (χ1v) is 9.33. The average molecular weight is 391 g/mol. The molecular weight excluding hydrogens is 376 g/mol. The lowest BCUT2D eigenvalue weighted by molar-refractivity contribution is 0.328. The zero-order valence-electron chi connectivity index (χ0n) is 11.1. The lowest BCUT2D eigenvalue weighted by Gasteiger charge is -2.08. The van der Waals surface area contributed by atoms with Crippen LogP contribution in [0.1, 0.15) is 4.88 Å². The maximum Gasteiger partial charge on any atom is 0.240 e. The van der Waals surface area contributed by atoms with Crippen molar-refractivity contribution < 1.29 is 13.2 Å². The van der Waals surface area contributed by atoms with Crippen molar-refractivity contribution in [2.45, 2.75) is 11.4 Å². The fourth-order valence-electron chi connectivity index (χ4n) is 1.59. The largest absolute Gasteiger partial charge is 0.492 e. The molecule has 0 saturated carbocycles. The van der Waals surface area contributed by atoms with Gasteiger partial charge in [-0.3, -0.25) is 0 Å². The summed E-state index contributed by atoms with van der Waals surface area (Å²) in [6.07, 6.45) is 0. The first-order chi connectivity index (χ1) is 10.0. The predicted octanol–water partition coefficient (Wildman–Crippen LogP) is 2.33. The molecule has 114 valence electrons. The lowest BCUT2D eigenvalue weighted by atomic mass is 10.3. The first-order valence-electron chi connectivity index (χ1n) is 6.17. The van der Waals surface area contributed by atoms with Crippen molar-refractivity contribution in [3.63, 3.8) is 0 Å². The summed E-state index contributed by atoms with van der Waals surface area (Å²) in [6.45, 7) is 1.07. The monoisotopic (exact) mass is 390 g/mol. The highest BCUT2D eigenvalue weighted by molar-refractivity contribution is 9.10. The normalized spacial score (nSPS) is 11.5. The van der Waals surface area contributed by atoms with Gasteiger partial charge in [0.15, 0.2) is 0 Å². The Hall–Kier alpha value is -0.930. The molecule has 0 fully saturated rings. The third-order valence-electron chi connectivity index (χ3n) is 2.63. The first kappa shape index (κ1) is 16.4. The fraction of sp³-hybridized carbons (Fsp3) is 0.231. The van der Waals surface area contributed by atoms with Gasteiger partial charge < -0.3 is 10.5 Å². The van der Waals surface area contributed by atoms with Crippen LogP contribution in [0.4, 0.5) is 0 Å². The molecule has 0 unspecified atom stereocenters. The molecule has 0 aliphatic carbocycles. The molecule has 1 aromatic heterocycles. The van der Waals surface area contributed by atoms with E-state index in [0.717, 1.165) is 9.35 Å². The maximum atomic E-state index is 12.2. The molecule has 0 bridgehead atoms. The third kappa shape index (κ3) is 4.52. The molecule has 2 rings (SSSR count). The molecular formula is C13H15BrN2O3S2. The predicted molar refractivity (Wildman–Crippen MR) is 87.0 cm³/mol. The number of ether oxygens (including phenoxy) is 1. The summed E-state index contributed by atoms with van der Waals surface area (Å²) < 4.78 is 33.2. The van der Waals surface area contributed by atoms with Crippen LogP contribution in [-0.4, -0.2) is 21.6 Å². The van der Waals surface area contributed by atoms with Crippen LogP contribution in [0.5, 0.6) is 5.75 Å². The summed E-state index contributed by atoms with van der Waals surface area (Å²) in [5, 5.41) is 1.90. The fourth-order valence-corrected chi connectivity index (χ4v) is 4.11. The Morgan fingerprint density at radius 3 is 2.52 bits per heavy atom. The van der Waals surface area contributed by atoms with Crippen LogP contribution >= 0.6 is 27.3 Å². The van der Waals surface area contributed by atoms with Crippen molar-refractivity contribution in [3.8, 4) is 5.75 Å². The highest BCUT2D eigenvalue weighted by atomic mass is 79.9. The van der Waals surface area contributed by atoms with Crippen LogP contribution in [0.2, 0.25) is 0 Å². The van der Waals surface area contributed by atoms with E-state index in [4.69, 9.17) is 10.5 Å². The van der Waals surface area contributed by atoms with Crippen LogP contribution in [-0.2, 0) is 16.6 Å².